The third-order valence-electron chi connectivity index (χ3n) is 15.9. The standard InChI is InChI=1S/C53H78N8O2/c1-36-29-31-38(34-44(36)55-53(7,8)52(5,6)50-57-56-47-35-46(51(2,3)4)58-61(47)50)54-45-33-37(48(62)59(39-21-13-9-14-22-39)40-23-15-10-16-24-40)30-32-43(45)49(63)60(41-25-17-11-18-26-41)42-27-19-12-20-28-42/h29-35,39-42,54-55,58H,9-28H2,1-8H3. The molecule has 0 spiro atoms. The predicted molar refractivity (Wildman–Crippen MR) is 258 cm³/mol. The Hall–Kier alpha value is -4.34. The van der Waals surface area contributed by atoms with E-state index >= 15 is 9.59 Å². The molecule has 2 aromatic heterocycles. The fraction of sp³-hybridized carbons (Fsp3) is 0.660. The van der Waals surface area contributed by atoms with Crippen LogP contribution in [0.15, 0.2) is 42.5 Å². The molecule has 0 bridgehead atoms. The van der Waals surface area contributed by atoms with Crippen LogP contribution in [0.25, 0.3) is 5.65 Å². The van der Waals surface area contributed by atoms with Crippen LogP contribution in [0.1, 0.15) is 215 Å². The van der Waals surface area contributed by atoms with Gasteiger partial charge in [0.1, 0.15) is 0 Å². The number of aromatic amines is 1. The van der Waals surface area contributed by atoms with Gasteiger partial charge in [0.25, 0.3) is 11.8 Å². The highest BCUT2D eigenvalue weighted by Crippen LogP contribution is 2.40. The normalized spacial score (nSPS) is 19.3. The van der Waals surface area contributed by atoms with Gasteiger partial charge in [0, 0.05) is 69.2 Å². The minimum absolute atomic E-state index is 0.0497. The Morgan fingerprint density at radius 1 is 0.619 bits per heavy atom. The van der Waals surface area contributed by atoms with Crippen molar-refractivity contribution in [3.63, 3.8) is 0 Å². The lowest BCUT2D eigenvalue weighted by Gasteiger charge is -2.42. The van der Waals surface area contributed by atoms with Crippen LogP contribution in [0, 0.1) is 6.92 Å². The summed E-state index contributed by atoms with van der Waals surface area (Å²) >= 11 is 0. The van der Waals surface area contributed by atoms with Crippen molar-refractivity contribution in [2.75, 3.05) is 10.6 Å². The Balaban J connectivity index is 1.15. The summed E-state index contributed by atoms with van der Waals surface area (Å²) < 4.78 is 2.04. The second kappa shape index (κ2) is 18.6. The van der Waals surface area contributed by atoms with Crippen molar-refractivity contribution in [1.82, 2.24) is 29.6 Å². The highest BCUT2D eigenvalue weighted by atomic mass is 16.2. The monoisotopic (exact) mass is 859 g/mol. The maximum absolute atomic E-state index is 15.3. The molecule has 4 fully saturated rings. The minimum Gasteiger partial charge on any atom is -0.379 e. The van der Waals surface area contributed by atoms with Gasteiger partial charge < -0.3 is 20.4 Å². The molecule has 63 heavy (non-hydrogen) atoms. The van der Waals surface area contributed by atoms with Crippen LogP contribution in [-0.2, 0) is 10.8 Å². The first-order valence-corrected chi connectivity index (χ1v) is 25.0. The summed E-state index contributed by atoms with van der Waals surface area (Å²) in [5.41, 5.74) is 6.00. The summed E-state index contributed by atoms with van der Waals surface area (Å²) in [6.45, 7) is 17.6. The van der Waals surface area contributed by atoms with E-state index in [0.29, 0.717) is 11.1 Å². The summed E-state index contributed by atoms with van der Waals surface area (Å²) in [5.74, 6) is 1.10. The molecule has 0 unspecified atom stereocenters. The second-order valence-electron chi connectivity index (χ2n) is 22.0. The van der Waals surface area contributed by atoms with Gasteiger partial charge in [-0.2, -0.15) is 0 Å². The summed E-state index contributed by atoms with van der Waals surface area (Å²) in [6.07, 6.45) is 23.1. The number of hydrogen-bond donors (Lipinski definition) is 3. The zero-order chi connectivity index (χ0) is 44.5. The number of anilines is 3. The number of rotatable bonds is 12. The lowest BCUT2D eigenvalue weighted by molar-refractivity contribution is 0.0437. The number of benzene rings is 2. The summed E-state index contributed by atoms with van der Waals surface area (Å²) in [6, 6.07) is 15.6. The van der Waals surface area contributed by atoms with Crippen molar-refractivity contribution in [2.24, 2.45) is 0 Å². The summed E-state index contributed by atoms with van der Waals surface area (Å²) in [4.78, 5) is 34.9. The topological polar surface area (TPSA) is 111 Å². The maximum atomic E-state index is 15.3. The van der Waals surface area contributed by atoms with Crippen molar-refractivity contribution in [2.45, 2.75) is 224 Å². The molecule has 10 heteroatoms. The molecule has 2 aromatic carbocycles. The Bertz CT molecular complexity index is 2170. The molecule has 4 saturated carbocycles. The van der Waals surface area contributed by atoms with Crippen molar-refractivity contribution in [3.8, 4) is 0 Å². The van der Waals surface area contributed by atoms with E-state index in [2.05, 4.69) is 110 Å². The fourth-order valence-electron chi connectivity index (χ4n) is 11.3. The SMILES string of the molecule is Cc1ccc(Nc2cc(C(=O)N(C3CCCCC3)C3CCCCC3)ccc2C(=O)N(C2CCCCC2)C2CCCCC2)cc1NC(C)(C)C(C)(C)c1nnc2cc(C(C)(C)C)[nH]n12. The van der Waals surface area contributed by atoms with Crippen molar-refractivity contribution in [3.05, 3.63) is 70.7 Å². The second-order valence-corrected chi connectivity index (χ2v) is 22.0. The Labute approximate surface area is 378 Å². The van der Waals surface area contributed by atoms with Crippen LogP contribution in [-0.4, -0.2) is 71.1 Å². The quantitative estimate of drug-likeness (QED) is 0.131. The molecule has 0 aliphatic heterocycles. The number of aryl methyl sites for hydroxylation is 1. The molecule has 0 saturated heterocycles. The number of H-pyrrole nitrogens is 1. The van der Waals surface area contributed by atoms with E-state index in [1.54, 1.807) is 0 Å². The predicted octanol–water partition coefficient (Wildman–Crippen LogP) is 12.8. The number of nitrogens with zero attached hydrogens (tertiary/aromatic N) is 5. The molecule has 4 aromatic rings. The minimum atomic E-state index is -0.470. The zero-order valence-electron chi connectivity index (χ0n) is 40.0. The van der Waals surface area contributed by atoms with Gasteiger partial charge in [0.15, 0.2) is 11.5 Å². The molecule has 2 amide bonds. The van der Waals surface area contributed by atoms with E-state index in [0.717, 1.165) is 91.2 Å². The smallest absolute Gasteiger partial charge is 0.256 e. The van der Waals surface area contributed by atoms with Gasteiger partial charge in [0.2, 0.25) is 0 Å². The molecule has 342 valence electrons. The van der Waals surface area contributed by atoms with E-state index in [1.165, 1.54) is 77.0 Å². The molecular formula is C53H78N8O2. The van der Waals surface area contributed by atoms with Crippen molar-refractivity contribution >= 4 is 34.5 Å². The van der Waals surface area contributed by atoms with Crippen LogP contribution in [0.4, 0.5) is 17.1 Å². The van der Waals surface area contributed by atoms with Gasteiger partial charge >= 0.3 is 0 Å². The first-order chi connectivity index (χ1) is 30.1. The fourth-order valence-corrected chi connectivity index (χ4v) is 11.3. The van der Waals surface area contributed by atoms with Gasteiger partial charge in [-0.05, 0) is 108 Å². The van der Waals surface area contributed by atoms with Crippen LogP contribution in [0.5, 0.6) is 0 Å². The zero-order valence-corrected chi connectivity index (χ0v) is 40.0. The van der Waals surface area contributed by atoms with E-state index < -0.39 is 11.0 Å². The van der Waals surface area contributed by atoms with Crippen molar-refractivity contribution < 1.29 is 9.59 Å². The molecule has 3 N–H and O–H groups in total. The molecular weight excluding hydrogens is 781 g/mol. The molecule has 0 atom stereocenters. The summed E-state index contributed by atoms with van der Waals surface area (Å²) in [5, 5.41) is 20.6. The average Bonchev–Trinajstić information content (AvgIpc) is 3.89. The largest absolute Gasteiger partial charge is 0.379 e. The van der Waals surface area contributed by atoms with Crippen LogP contribution >= 0.6 is 0 Å². The summed E-state index contributed by atoms with van der Waals surface area (Å²) in [7, 11) is 0. The molecule has 4 aliphatic rings. The van der Waals surface area contributed by atoms with Gasteiger partial charge in [-0.1, -0.05) is 118 Å². The number of carbonyl (C=O) groups excluding carboxylic acids is 2. The molecule has 8 rings (SSSR count). The first kappa shape index (κ1) is 45.2. The lowest BCUT2D eigenvalue weighted by Crippen LogP contribution is -2.50. The number of carbonyl (C=O) groups is 2. The van der Waals surface area contributed by atoms with Crippen LogP contribution in [0.2, 0.25) is 0 Å². The highest BCUT2D eigenvalue weighted by Gasteiger charge is 2.43. The third kappa shape index (κ3) is 9.56. The van der Waals surface area contributed by atoms with Crippen LogP contribution < -0.4 is 10.6 Å². The van der Waals surface area contributed by atoms with Crippen molar-refractivity contribution in [1.29, 1.82) is 0 Å². The number of amides is 2. The third-order valence-corrected chi connectivity index (χ3v) is 15.9. The van der Waals surface area contributed by atoms with E-state index in [1.807, 2.05) is 22.7 Å². The molecule has 0 radical (unpaired) electrons. The number of fused-ring (bicyclic) bond motifs is 1. The number of nitrogens with one attached hydrogen (secondary N) is 3. The number of hydrogen-bond acceptors (Lipinski definition) is 6. The first-order valence-electron chi connectivity index (χ1n) is 25.0. The molecule has 4 aliphatic carbocycles. The lowest BCUT2D eigenvalue weighted by atomic mass is 9.73. The molecule has 10 nitrogen and oxygen atoms in total. The van der Waals surface area contributed by atoms with Gasteiger partial charge in [-0.3, -0.25) is 14.7 Å². The van der Waals surface area contributed by atoms with Gasteiger partial charge in [0.05, 0.1) is 11.3 Å². The van der Waals surface area contributed by atoms with Gasteiger partial charge in [-0.25, -0.2) is 4.52 Å². The molecule has 2 heterocycles. The van der Waals surface area contributed by atoms with E-state index in [9.17, 15) is 0 Å². The van der Waals surface area contributed by atoms with Crippen LogP contribution in [0.3, 0.4) is 0 Å². The Morgan fingerprint density at radius 2 is 1.13 bits per heavy atom. The highest BCUT2D eigenvalue weighted by molar-refractivity contribution is 6.04. The van der Waals surface area contributed by atoms with E-state index in [-0.39, 0.29) is 41.4 Å². The Morgan fingerprint density at radius 3 is 1.63 bits per heavy atom. The van der Waals surface area contributed by atoms with E-state index in [4.69, 9.17) is 5.10 Å². The van der Waals surface area contributed by atoms with Gasteiger partial charge in [-0.15, -0.1) is 10.2 Å². The Kier molecular flexibility index (Phi) is 13.4. The maximum Gasteiger partial charge on any atom is 0.256 e. The average molecular weight is 859 g/mol. The number of aromatic nitrogens is 4.